The number of thioether (sulfide) groups is 2. The zero-order valence-electron chi connectivity index (χ0n) is 8.07. The summed E-state index contributed by atoms with van der Waals surface area (Å²) in [7, 11) is 0. The maximum absolute atomic E-state index is 9.35. The van der Waals surface area contributed by atoms with Crippen molar-refractivity contribution in [1.29, 1.82) is 5.26 Å². The van der Waals surface area contributed by atoms with Gasteiger partial charge in [-0.25, -0.2) is 0 Å². The lowest BCUT2D eigenvalue weighted by Gasteiger charge is -2.29. The van der Waals surface area contributed by atoms with E-state index in [9.17, 15) is 5.26 Å². The first-order chi connectivity index (χ1) is 7.27. The fourth-order valence-corrected chi connectivity index (χ4v) is 4.60. The molecule has 15 heavy (non-hydrogen) atoms. The Labute approximate surface area is 103 Å². The van der Waals surface area contributed by atoms with Gasteiger partial charge in [0.25, 0.3) is 0 Å². The van der Waals surface area contributed by atoms with Crippen molar-refractivity contribution in [3.63, 3.8) is 0 Å². The molecule has 0 spiro atoms. The van der Waals surface area contributed by atoms with Crippen molar-refractivity contribution in [2.45, 2.75) is 10.5 Å². The maximum atomic E-state index is 9.35. The summed E-state index contributed by atoms with van der Waals surface area (Å²) < 4.78 is -0.441. The van der Waals surface area contributed by atoms with Crippen LogP contribution in [0.3, 0.4) is 0 Å². The van der Waals surface area contributed by atoms with E-state index in [1.165, 1.54) is 6.42 Å². The van der Waals surface area contributed by atoms with Crippen LogP contribution in [0.25, 0.3) is 0 Å². The van der Waals surface area contributed by atoms with Crippen molar-refractivity contribution >= 4 is 35.1 Å². The van der Waals surface area contributed by atoms with Crippen LogP contribution >= 0.6 is 35.1 Å². The predicted molar refractivity (Wildman–Crippen MR) is 68.3 cm³/mol. The van der Waals surface area contributed by atoms with Crippen LogP contribution in [0.15, 0.2) is 24.3 Å². The highest BCUT2D eigenvalue weighted by molar-refractivity contribution is 8.18. The highest BCUT2D eigenvalue weighted by Crippen LogP contribution is 2.49. The molecule has 0 unspecified atom stereocenters. The van der Waals surface area contributed by atoms with Crippen molar-refractivity contribution in [3.8, 4) is 6.07 Å². The SMILES string of the molecule is N#CC1(c2cccc(Cl)c2)SCCCS1. The highest BCUT2D eigenvalue weighted by atomic mass is 35.5. The highest BCUT2D eigenvalue weighted by Gasteiger charge is 2.35. The van der Waals surface area contributed by atoms with Gasteiger partial charge in [0.15, 0.2) is 4.08 Å². The first-order valence-electron chi connectivity index (χ1n) is 4.72. The number of benzene rings is 1. The minimum absolute atomic E-state index is 0.441. The third kappa shape index (κ3) is 2.28. The third-order valence-corrected chi connectivity index (χ3v) is 5.65. The van der Waals surface area contributed by atoms with Crippen molar-refractivity contribution < 1.29 is 0 Å². The number of nitriles is 1. The Balaban J connectivity index is 2.37. The van der Waals surface area contributed by atoms with E-state index < -0.39 is 4.08 Å². The quantitative estimate of drug-likeness (QED) is 0.761. The van der Waals surface area contributed by atoms with Crippen molar-refractivity contribution in [3.05, 3.63) is 34.9 Å². The minimum atomic E-state index is -0.441. The molecule has 1 aromatic carbocycles. The molecule has 1 nitrogen and oxygen atoms in total. The lowest BCUT2D eigenvalue weighted by Crippen LogP contribution is -2.20. The molecule has 0 aliphatic carbocycles. The van der Waals surface area contributed by atoms with Gasteiger partial charge in [-0.15, -0.1) is 23.5 Å². The third-order valence-electron chi connectivity index (χ3n) is 2.25. The van der Waals surface area contributed by atoms with E-state index in [4.69, 9.17) is 11.6 Å². The second kappa shape index (κ2) is 4.69. The zero-order valence-corrected chi connectivity index (χ0v) is 10.5. The van der Waals surface area contributed by atoms with E-state index in [1.807, 2.05) is 24.3 Å². The predicted octanol–water partition coefficient (Wildman–Crippen LogP) is 3.89. The molecule has 1 aromatic rings. The Kier molecular flexibility index (Phi) is 3.50. The fraction of sp³-hybridized carbons (Fsp3) is 0.364. The lowest BCUT2D eigenvalue weighted by molar-refractivity contribution is 1.04. The molecule has 0 amide bonds. The van der Waals surface area contributed by atoms with Crippen LogP contribution < -0.4 is 0 Å². The summed E-state index contributed by atoms with van der Waals surface area (Å²) in [6.45, 7) is 0. The molecule has 2 rings (SSSR count). The van der Waals surface area contributed by atoms with Gasteiger partial charge in [-0.05, 0) is 35.6 Å². The van der Waals surface area contributed by atoms with Crippen LogP contribution in [0.2, 0.25) is 5.02 Å². The van der Waals surface area contributed by atoms with Gasteiger partial charge in [0.1, 0.15) is 0 Å². The van der Waals surface area contributed by atoms with Gasteiger partial charge >= 0.3 is 0 Å². The first-order valence-corrected chi connectivity index (χ1v) is 7.07. The molecule has 1 aliphatic heterocycles. The van der Waals surface area contributed by atoms with E-state index in [1.54, 1.807) is 23.5 Å². The summed E-state index contributed by atoms with van der Waals surface area (Å²) in [4.78, 5) is 0. The Bertz CT molecular complexity index is 394. The summed E-state index contributed by atoms with van der Waals surface area (Å²) in [5.74, 6) is 2.10. The van der Waals surface area contributed by atoms with Gasteiger partial charge in [-0.3, -0.25) is 0 Å². The van der Waals surface area contributed by atoms with Gasteiger partial charge in [0.2, 0.25) is 0 Å². The Morgan fingerprint density at radius 3 is 2.67 bits per heavy atom. The smallest absolute Gasteiger partial charge is 0.173 e. The average Bonchev–Trinajstić information content (AvgIpc) is 2.30. The van der Waals surface area contributed by atoms with Gasteiger partial charge < -0.3 is 0 Å². The Morgan fingerprint density at radius 2 is 2.07 bits per heavy atom. The molecule has 0 atom stereocenters. The first kappa shape index (κ1) is 11.2. The minimum Gasteiger partial charge on any atom is -0.195 e. The topological polar surface area (TPSA) is 23.8 Å². The molecule has 1 heterocycles. The zero-order chi connectivity index (χ0) is 10.7. The second-order valence-corrected chi connectivity index (χ2v) is 6.60. The average molecular weight is 256 g/mol. The standard InChI is InChI=1S/C11H10ClNS2/c12-10-4-1-3-9(7-10)11(8-13)14-5-2-6-15-11/h1,3-4,7H,2,5-6H2. The van der Waals surface area contributed by atoms with Crippen molar-refractivity contribution in [2.24, 2.45) is 0 Å². The number of hydrogen-bond donors (Lipinski definition) is 0. The summed E-state index contributed by atoms with van der Waals surface area (Å²) in [5.41, 5.74) is 1.02. The van der Waals surface area contributed by atoms with Crippen LogP contribution in [-0.2, 0) is 4.08 Å². The molecule has 0 aromatic heterocycles. The molecular weight excluding hydrogens is 246 g/mol. The van der Waals surface area contributed by atoms with E-state index in [0.717, 1.165) is 17.1 Å². The Hall–Kier alpha value is -0.300. The molecular formula is C11H10ClNS2. The van der Waals surface area contributed by atoms with E-state index in [2.05, 4.69) is 6.07 Å². The van der Waals surface area contributed by atoms with E-state index in [-0.39, 0.29) is 0 Å². The van der Waals surface area contributed by atoms with Crippen LogP contribution in [-0.4, -0.2) is 11.5 Å². The van der Waals surface area contributed by atoms with Crippen LogP contribution in [0.1, 0.15) is 12.0 Å². The van der Waals surface area contributed by atoms with Gasteiger partial charge in [-0.1, -0.05) is 23.7 Å². The van der Waals surface area contributed by atoms with E-state index in [0.29, 0.717) is 5.02 Å². The summed E-state index contributed by atoms with van der Waals surface area (Å²) >= 11 is 9.39. The molecule has 4 heteroatoms. The lowest BCUT2D eigenvalue weighted by atomic mass is 10.1. The van der Waals surface area contributed by atoms with E-state index >= 15 is 0 Å². The Morgan fingerprint density at radius 1 is 1.33 bits per heavy atom. The van der Waals surface area contributed by atoms with Crippen LogP contribution in [0.5, 0.6) is 0 Å². The molecule has 0 bridgehead atoms. The van der Waals surface area contributed by atoms with Gasteiger partial charge in [-0.2, -0.15) is 5.26 Å². The fourth-order valence-electron chi connectivity index (χ4n) is 1.52. The summed E-state index contributed by atoms with van der Waals surface area (Å²) in [6.07, 6.45) is 1.18. The number of rotatable bonds is 1. The van der Waals surface area contributed by atoms with Crippen molar-refractivity contribution in [1.82, 2.24) is 0 Å². The monoisotopic (exact) mass is 255 g/mol. The summed E-state index contributed by atoms with van der Waals surface area (Å²) in [6, 6.07) is 10.1. The second-order valence-electron chi connectivity index (χ2n) is 3.29. The van der Waals surface area contributed by atoms with Gasteiger partial charge in [0.05, 0.1) is 6.07 Å². The number of halogens is 1. The molecule has 78 valence electrons. The van der Waals surface area contributed by atoms with Crippen LogP contribution in [0, 0.1) is 11.3 Å². The molecule has 0 radical (unpaired) electrons. The van der Waals surface area contributed by atoms with Crippen LogP contribution in [0.4, 0.5) is 0 Å². The normalized spacial score (nSPS) is 19.5. The molecule has 1 aliphatic rings. The maximum Gasteiger partial charge on any atom is 0.173 e. The molecule has 1 saturated heterocycles. The molecule has 0 saturated carbocycles. The number of hydrogen-bond acceptors (Lipinski definition) is 3. The molecule has 1 fully saturated rings. The number of nitrogens with zero attached hydrogens (tertiary/aromatic N) is 1. The van der Waals surface area contributed by atoms with Crippen molar-refractivity contribution in [2.75, 3.05) is 11.5 Å². The largest absolute Gasteiger partial charge is 0.195 e. The van der Waals surface area contributed by atoms with Gasteiger partial charge in [0, 0.05) is 5.02 Å². The molecule has 0 N–H and O–H groups in total. The summed E-state index contributed by atoms with van der Waals surface area (Å²) in [5, 5.41) is 10.1.